The summed E-state index contributed by atoms with van der Waals surface area (Å²) < 4.78 is 43.8. The predicted molar refractivity (Wildman–Crippen MR) is 61.8 cm³/mol. The van der Waals surface area contributed by atoms with E-state index in [2.05, 4.69) is 0 Å². The fourth-order valence-corrected chi connectivity index (χ4v) is 1.85. The summed E-state index contributed by atoms with van der Waals surface area (Å²) in [5.74, 6) is 0. The van der Waals surface area contributed by atoms with Crippen LogP contribution in [0.1, 0.15) is 27.2 Å². The molecule has 0 spiro atoms. The van der Waals surface area contributed by atoms with Crippen LogP contribution >= 0.6 is 0 Å². The lowest BCUT2D eigenvalue weighted by atomic mass is 10.0. The summed E-state index contributed by atoms with van der Waals surface area (Å²) in [7, 11) is 1.48. The Labute approximate surface area is 101 Å². The SMILES string of the molecule is CCC(C)N(CCOC)C(C(C)N)C(F)(F)F. The van der Waals surface area contributed by atoms with Crippen LogP contribution in [0.5, 0.6) is 0 Å². The highest BCUT2D eigenvalue weighted by Crippen LogP contribution is 2.28. The lowest BCUT2D eigenvalue weighted by Crippen LogP contribution is -2.58. The molecule has 0 saturated heterocycles. The molecule has 0 heterocycles. The minimum absolute atomic E-state index is 0.178. The van der Waals surface area contributed by atoms with Crippen molar-refractivity contribution in [2.75, 3.05) is 20.3 Å². The van der Waals surface area contributed by atoms with Gasteiger partial charge in [-0.1, -0.05) is 6.92 Å². The van der Waals surface area contributed by atoms with E-state index in [1.54, 1.807) is 6.92 Å². The van der Waals surface area contributed by atoms with E-state index in [1.807, 2.05) is 6.92 Å². The van der Waals surface area contributed by atoms with E-state index in [4.69, 9.17) is 10.5 Å². The fourth-order valence-electron chi connectivity index (χ4n) is 1.85. The van der Waals surface area contributed by atoms with Crippen molar-refractivity contribution < 1.29 is 17.9 Å². The second kappa shape index (κ2) is 7.18. The molecule has 0 amide bonds. The molecule has 0 saturated carbocycles. The molecular formula is C11H23F3N2O. The topological polar surface area (TPSA) is 38.5 Å². The number of nitrogens with two attached hydrogens (primary N) is 1. The second-order valence-corrected chi connectivity index (χ2v) is 4.33. The summed E-state index contributed by atoms with van der Waals surface area (Å²) in [4.78, 5) is 1.38. The zero-order chi connectivity index (χ0) is 13.6. The largest absolute Gasteiger partial charge is 0.405 e. The number of rotatable bonds is 7. The van der Waals surface area contributed by atoms with E-state index in [1.165, 1.54) is 18.9 Å². The normalized spacial score (nSPS) is 18.2. The van der Waals surface area contributed by atoms with Crippen LogP contribution in [0.3, 0.4) is 0 Å². The van der Waals surface area contributed by atoms with Crippen molar-refractivity contribution in [3.8, 4) is 0 Å². The lowest BCUT2D eigenvalue weighted by Gasteiger charge is -2.39. The van der Waals surface area contributed by atoms with Gasteiger partial charge in [0.1, 0.15) is 6.04 Å². The standard InChI is InChI=1S/C11H23F3N2O/c1-5-8(2)16(6-7-17-4)10(9(3)15)11(12,13)14/h8-10H,5-7,15H2,1-4H3. The van der Waals surface area contributed by atoms with Gasteiger partial charge >= 0.3 is 6.18 Å². The third kappa shape index (κ3) is 5.23. The Bertz CT molecular complexity index is 209. The molecule has 0 fully saturated rings. The van der Waals surface area contributed by atoms with Gasteiger partial charge in [-0.05, 0) is 20.3 Å². The summed E-state index contributed by atoms with van der Waals surface area (Å²) in [5.41, 5.74) is 5.49. The van der Waals surface area contributed by atoms with Gasteiger partial charge in [0, 0.05) is 25.7 Å². The van der Waals surface area contributed by atoms with Crippen molar-refractivity contribution >= 4 is 0 Å². The van der Waals surface area contributed by atoms with Gasteiger partial charge in [-0.25, -0.2) is 0 Å². The zero-order valence-electron chi connectivity index (χ0n) is 10.9. The maximum absolute atomic E-state index is 13.0. The van der Waals surface area contributed by atoms with Gasteiger partial charge in [-0.3, -0.25) is 4.90 Å². The smallest absolute Gasteiger partial charge is 0.383 e. The quantitative estimate of drug-likeness (QED) is 0.757. The van der Waals surface area contributed by atoms with E-state index < -0.39 is 18.3 Å². The number of hydrogen-bond acceptors (Lipinski definition) is 3. The Hall–Kier alpha value is -0.330. The average Bonchev–Trinajstić information content (AvgIpc) is 2.20. The van der Waals surface area contributed by atoms with E-state index in [0.29, 0.717) is 6.42 Å². The van der Waals surface area contributed by atoms with Gasteiger partial charge in [-0.15, -0.1) is 0 Å². The van der Waals surface area contributed by atoms with Crippen molar-refractivity contribution in [1.29, 1.82) is 0 Å². The molecule has 0 aliphatic rings. The highest BCUT2D eigenvalue weighted by Gasteiger charge is 2.46. The Morgan fingerprint density at radius 2 is 1.82 bits per heavy atom. The third-order valence-corrected chi connectivity index (χ3v) is 2.90. The van der Waals surface area contributed by atoms with Crippen LogP contribution in [0, 0.1) is 0 Å². The maximum Gasteiger partial charge on any atom is 0.405 e. The van der Waals surface area contributed by atoms with Crippen molar-refractivity contribution in [3.05, 3.63) is 0 Å². The molecule has 0 aliphatic heterocycles. The minimum Gasteiger partial charge on any atom is -0.383 e. The Kier molecular flexibility index (Phi) is 7.04. The summed E-state index contributed by atoms with van der Waals surface area (Å²) in [6.07, 6.45) is -3.67. The van der Waals surface area contributed by atoms with Gasteiger partial charge < -0.3 is 10.5 Å². The molecule has 3 unspecified atom stereocenters. The van der Waals surface area contributed by atoms with Crippen LogP contribution in [-0.2, 0) is 4.74 Å². The Morgan fingerprint density at radius 1 is 1.29 bits per heavy atom. The Balaban J connectivity index is 4.94. The molecule has 0 bridgehead atoms. The van der Waals surface area contributed by atoms with E-state index in [0.717, 1.165) is 0 Å². The molecular weight excluding hydrogens is 233 g/mol. The first kappa shape index (κ1) is 16.7. The highest BCUT2D eigenvalue weighted by molar-refractivity contribution is 4.88. The minimum atomic E-state index is -4.31. The molecule has 104 valence electrons. The van der Waals surface area contributed by atoms with Gasteiger partial charge in [-0.2, -0.15) is 13.2 Å². The summed E-state index contributed by atoms with van der Waals surface area (Å²) in [6.45, 7) is 5.52. The predicted octanol–water partition coefficient (Wildman–Crippen LogP) is 2.01. The van der Waals surface area contributed by atoms with Crippen LogP contribution in [0.4, 0.5) is 13.2 Å². The van der Waals surface area contributed by atoms with E-state index >= 15 is 0 Å². The number of nitrogens with zero attached hydrogens (tertiary/aromatic N) is 1. The Morgan fingerprint density at radius 3 is 2.12 bits per heavy atom. The number of ether oxygens (including phenoxy) is 1. The number of hydrogen-bond donors (Lipinski definition) is 1. The molecule has 3 nitrogen and oxygen atoms in total. The molecule has 2 N–H and O–H groups in total. The van der Waals surface area contributed by atoms with Crippen molar-refractivity contribution in [3.63, 3.8) is 0 Å². The first-order valence-electron chi connectivity index (χ1n) is 5.82. The molecule has 0 aromatic heterocycles. The molecule has 0 aromatic carbocycles. The van der Waals surface area contributed by atoms with Gasteiger partial charge in [0.2, 0.25) is 0 Å². The molecule has 3 atom stereocenters. The van der Waals surface area contributed by atoms with Crippen molar-refractivity contribution in [1.82, 2.24) is 4.90 Å². The maximum atomic E-state index is 13.0. The number of methoxy groups -OCH3 is 1. The third-order valence-electron chi connectivity index (χ3n) is 2.90. The first-order valence-corrected chi connectivity index (χ1v) is 5.82. The monoisotopic (exact) mass is 256 g/mol. The lowest BCUT2D eigenvalue weighted by molar-refractivity contribution is -0.195. The summed E-state index contributed by atoms with van der Waals surface area (Å²) in [6, 6.07) is -2.75. The fraction of sp³-hybridized carbons (Fsp3) is 1.00. The van der Waals surface area contributed by atoms with Gasteiger partial charge in [0.15, 0.2) is 0 Å². The summed E-state index contributed by atoms with van der Waals surface area (Å²) in [5, 5.41) is 0. The zero-order valence-corrected chi connectivity index (χ0v) is 10.9. The summed E-state index contributed by atoms with van der Waals surface area (Å²) >= 11 is 0. The first-order chi connectivity index (χ1) is 7.75. The van der Waals surface area contributed by atoms with Gasteiger partial charge in [0.05, 0.1) is 6.61 Å². The number of halogens is 3. The molecule has 17 heavy (non-hydrogen) atoms. The second-order valence-electron chi connectivity index (χ2n) is 4.33. The average molecular weight is 256 g/mol. The van der Waals surface area contributed by atoms with Crippen LogP contribution in [-0.4, -0.2) is 49.5 Å². The van der Waals surface area contributed by atoms with Crippen LogP contribution in [0.25, 0.3) is 0 Å². The molecule has 0 rings (SSSR count). The van der Waals surface area contributed by atoms with Crippen LogP contribution in [0.15, 0.2) is 0 Å². The van der Waals surface area contributed by atoms with Crippen molar-refractivity contribution in [2.24, 2.45) is 5.73 Å². The number of alkyl halides is 3. The van der Waals surface area contributed by atoms with Crippen LogP contribution < -0.4 is 5.73 Å². The van der Waals surface area contributed by atoms with E-state index in [9.17, 15) is 13.2 Å². The molecule has 0 aromatic rings. The van der Waals surface area contributed by atoms with Crippen molar-refractivity contribution in [2.45, 2.75) is 51.5 Å². The molecule has 0 radical (unpaired) electrons. The van der Waals surface area contributed by atoms with Crippen LogP contribution in [0.2, 0.25) is 0 Å². The highest BCUT2D eigenvalue weighted by atomic mass is 19.4. The molecule has 0 aliphatic carbocycles. The van der Waals surface area contributed by atoms with Gasteiger partial charge in [0.25, 0.3) is 0 Å². The molecule has 6 heteroatoms. The van der Waals surface area contributed by atoms with E-state index in [-0.39, 0.29) is 19.2 Å².